The van der Waals surface area contributed by atoms with Crippen molar-refractivity contribution in [3.63, 3.8) is 0 Å². The number of unbranched alkanes of at least 4 members (excludes halogenated alkanes) is 1. The molecule has 0 radical (unpaired) electrons. The van der Waals surface area contributed by atoms with Gasteiger partial charge in [0, 0.05) is 25.7 Å². The number of nitrogens with one attached hydrogen (secondary N) is 2. The average molecular weight is 250 g/mol. The molecule has 5 heteroatoms. The molecule has 0 spiro atoms. The van der Waals surface area contributed by atoms with E-state index in [2.05, 4.69) is 15.6 Å². The fraction of sp³-hybridized carbons (Fsp3) is 0.538. The van der Waals surface area contributed by atoms with Gasteiger partial charge in [0.25, 0.3) is 0 Å². The van der Waals surface area contributed by atoms with E-state index in [0.29, 0.717) is 13.0 Å². The maximum absolute atomic E-state index is 11.3. The van der Waals surface area contributed by atoms with Crippen molar-refractivity contribution in [3.8, 4) is 0 Å². The molecule has 0 saturated heterocycles. The van der Waals surface area contributed by atoms with Crippen LogP contribution in [0.4, 0.5) is 5.82 Å². The Morgan fingerprint density at radius 3 is 2.78 bits per heavy atom. The van der Waals surface area contributed by atoms with Crippen molar-refractivity contribution in [3.05, 3.63) is 24.4 Å². The van der Waals surface area contributed by atoms with Gasteiger partial charge >= 0.3 is 0 Å². The lowest BCUT2D eigenvalue weighted by molar-refractivity contribution is -0.121. The van der Waals surface area contributed by atoms with Crippen LogP contribution in [-0.4, -0.2) is 30.5 Å². The molecule has 0 atom stereocenters. The summed E-state index contributed by atoms with van der Waals surface area (Å²) in [6.45, 7) is 2.17. The molecule has 1 aromatic heterocycles. The predicted octanol–water partition coefficient (Wildman–Crippen LogP) is 1.13. The van der Waals surface area contributed by atoms with E-state index in [1.807, 2.05) is 18.2 Å². The zero-order valence-electron chi connectivity index (χ0n) is 10.7. The molecule has 1 heterocycles. The van der Waals surface area contributed by atoms with Crippen molar-refractivity contribution < 1.29 is 4.79 Å². The molecule has 0 aromatic carbocycles. The second-order valence-electron chi connectivity index (χ2n) is 4.09. The molecular formula is C13H22N4O. The number of nitrogens with zero attached hydrogens (tertiary/aromatic N) is 1. The molecule has 1 rings (SSSR count). The number of hydrogen-bond donors (Lipinski definition) is 3. The number of aromatic nitrogens is 1. The summed E-state index contributed by atoms with van der Waals surface area (Å²) in [5.74, 6) is 0.989. The van der Waals surface area contributed by atoms with Gasteiger partial charge in [0.05, 0.1) is 0 Å². The van der Waals surface area contributed by atoms with Crippen molar-refractivity contribution in [1.29, 1.82) is 0 Å². The highest BCUT2D eigenvalue weighted by Gasteiger charge is 1.98. The van der Waals surface area contributed by atoms with Crippen LogP contribution < -0.4 is 16.4 Å². The minimum atomic E-state index is 0.0955. The van der Waals surface area contributed by atoms with Crippen molar-refractivity contribution in [2.24, 2.45) is 5.73 Å². The molecule has 0 unspecified atom stereocenters. The van der Waals surface area contributed by atoms with Gasteiger partial charge in [-0.25, -0.2) is 4.98 Å². The van der Waals surface area contributed by atoms with Gasteiger partial charge < -0.3 is 16.4 Å². The Labute approximate surface area is 108 Å². The van der Waals surface area contributed by atoms with E-state index < -0.39 is 0 Å². The molecule has 100 valence electrons. The third kappa shape index (κ3) is 6.85. The summed E-state index contributed by atoms with van der Waals surface area (Å²) in [6, 6.07) is 5.78. The molecule has 0 fully saturated rings. The van der Waals surface area contributed by atoms with Crippen LogP contribution >= 0.6 is 0 Å². The average Bonchev–Trinajstić information content (AvgIpc) is 2.41. The van der Waals surface area contributed by atoms with Crippen molar-refractivity contribution in [2.75, 3.05) is 25.0 Å². The first kappa shape index (κ1) is 14.4. The first-order chi connectivity index (χ1) is 8.83. The maximum atomic E-state index is 11.3. The molecule has 1 amide bonds. The number of rotatable bonds is 9. The van der Waals surface area contributed by atoms with E-state index in [1.165, 1.54) is 0 Å². The predicted molar refractivity (Wildman–Crippen MR) is 73.3 cm³/mol. The topological polar surface area (TPSA) is 80.0 Å². The van der Waals surface area contributed by atoms with E-state index >= 15 is 0 Å². The summed E-state index contributed by atoms with van der Waals surface area (Å²) in [5, 5.41) is 6.10. The third-order valence-electron chi connectivity index (χ3n) is 2.50. The number of pyridine rings is 1. The summed E-state index contributed by atoms with van der Waals surface area (Å²) in [6.07, 6.45) is 5.03. The summed E-state index contributed by atoms with van der Waals surface area (Å²) in [4.78, 5) is 15.4. The molecule has 5 nitrogen and oxygen atoms in total. The highest BCUT2D eigenvalue weighted by atomic mass is 16.1. The normalized spacial score (nSPS) is 10.1. The van der Waals surface area contributed by atoms with Crippen LogP contribution in [0.2, 0.25) is 0 Å². The van der Waals surface area contributed by atoms with Crippen LogP contribution in [0.1, 0.15) is 25.7 Å². The molecule has 18 heavy (non-hydrogen) atoms. The Hall–Kier alpha value is -1.62. The quantitative estimate of drug-likeness (QED) is 0.574. The second-order valence-corrected chi connectivity index (χ2v) is 4.09. The number of anilines is 1. The van der Waals surface area contributed by atoms with Crippen molar-refractivity contribution >= 4 is 11.7 Å². The van der Waals surface area contributed by atoms with Gasteiger partial charge in [0.2, 0.25) is 5.91 Å². The number of carbonyl (C=O) groups is 1. The van der Waals surface area contributed by atoms with Gasteiger partial charge in [0.1, 0.15) is 5.82 Å². The monoisotopic (exact) mass is 250 g/mol. The van der Waals surface area contributed by atoms with E-state index in [0.717, 1.165) is 38.2 Å². The van der Waals surface area contributed by atoms with E-state index in [-0.39, 0.29) is 5.91 Å². The summed E-state index contributed by atoms with van der Waals surface area (Å²) in [5.41, 5.74) is 5.33. The first-order valence-electron chi connectivity index (χ1n) is 6.44. The molecule has 0 aliphatic carbocycles. The van der Waals surface area contributed by atoms with Gasteiger partial charge in [-0.05, 0) is 37.9 Å². The molecule has 0 aliphatic heterocycles. The maximum Gasteiger partial charge on any atom is 0.220 e. The zero-order chi connectivity index (χ0) is 13.1. The summed E-state index contributed by atoms with van der Waals surface area (Å²) >= 11 is 0. The highest BCUT2D eigenvalue weighted by Crippen LogP contribution is 2.00. The molecule has 0 aliphatic rings. The van der Waals surface area contributed by atoms with Gasteiger partial charge in [-0.2, -0.15) is 0 Å². The zero-order valence-corrected chi connectivity index (χ0v) is 10.7. The molecule has 0 saturated carbocycles. The minimum absolute atomic E-state index is 0.0955. The van der Waals surface area contributed by atoms with Crippen LogP contribution in [0.25, 0.3) is 0 Å². The fourth-order valence-electron chi connectivity index (χ4n) is 1.51. The van der Waals surface area contributed by atoms with E-state index in [9.17, 15) is 4.79 Å². The largest absolute Gasteiger partial charge is 0.370 e. The van der Waals surface area contributed by atoms with Crippen LogP contribution in [0.3, 0.4) is 0 Å². The summed E-state index contributed by atoms with van der Waals surface area (Å²) in [7, 11) is 0. The van der Waals surface area contributed by atoms with Crippen LogP contribution in [0, 0.1) is 0 Å². The minimum Gasteiger partial charge on any atom is -0.370 e. The van der Waals surface area contributed by atoms with Gasteiger partial charge in [0.15, 0.2) is 0 Å². The molecule has 1 aromatic rings. The number of nitrogens with two attached hydrogens (primary N) is 1. The number of carbonyl (C=O) groups excluding carboxylic acids is 1. The molecular weight excluding hydrogens is 228 g/mol. The standard InChI is InChI=1S/C13H22N4O/c14-8-5-7-13(18)17-11-4-3-10-16-12-6-1-2-9-15-12/h1-2,6,9H,3-5,7-8,10-11,14H2,(H,15,16)(H,17,18). The lowest BCUT2D eigenvalue weighted by Gasteiger charge is -2.06. The van der Waals surface area contributed by atoms with Crippen LogP contribution in [0.15, 0.2) is 24.4 Å². The molecule has 0 bridgehead atoms. The Balaban J connectivity index is 1.94. The Morgan fingerprint density at radius 1 is 1.22 bits per heavy atom. The fourth-order valence-corrected chi connectivity index (χ4v) is 1.51. The Kier molecular flexibility index (Phi) is 7.55. The van der Waals surface area contributed by atoms with Gasteiger partial charge in [-0.15, -0.1) is 0 Å². The van der Waals surface area contributed by atoms with Crippen LogP contribution in [-0.2, 0) is 4.79 Å². The first-order valence-corrected chi connectivity index (χ1v) is 6.44. The number of hydrogen-bond acceptors (Lipinski definition) is 4. The molecule has 4 N–H and O–H groups in total. The summed E-state index contributed by atoms with van der Waals surface area (Å²) < 4.78 is 0. The van der Waals surface area contributed by atoms with E-state index in [4.69, 9.17) is 5.73 Å². The van der Waals surface area contributed by atoms with E-state index in [1.54, 1.807) is 6.20 Å². The van der Waals surface area contributed by atoms with Gasteiger partial charge in [-0.3, -0.25) is 4.79 Å². The highest BCUT2D eigenvalue weighted by molar-refractivity contribution is 5.75. The van der Waals surface area contributed by atoms with Gasteiger partial charge in [-0.1, -0.05) is 6.07 Å². The number of amides is 1. The third-order valence-corrected chi connectivity index (χ3v) is 2.50. The van der Waals surface area contributed by atoms with Crippen molar-refractivity contribution in [2.45, 2.75) is 25.7 Å². The second kappa shape index (κ2) is 9.41. The SMILES string of the molecule is NCCCC(=O)NCCCCNc1ccccn1. The lowest BCUT2D eigenvalue weighted by atomic mass is 10.2. The smallest absolute Gasteiger partial charge is 0.220 e. The Bertz CT molecular complexity index is 329. The van der Waals surface area contributed by atoms with Crippen molar-refractivity contribution in [1.82, 2.24) is 10.3 Å². The Morgan fingerprint density at radius 2 is 2.06 bits per heavy atom. The van der Waals surface area contributed by atoms with Crippen LogP contribution in [0.5, 0.6) is 0 Å². The lowest BCUT2D eigenvalue weighted by Crippen LogP contribution is -2.25.